The van der Waals surface area contributed by atoms with Crippen LogP contribution in [0.15, 0.2) is 82.6 Å². The number of carbonyl (C=O) groups is 1. The highest BCUT2D eigenvalue weighted by atomic mass is 32.2. The Bertz CT molecular complexity index is 1110. The number of carbonyl (C=O) groups excluding carboxylic acids is 1. The Labute approximate surface area is 179 Å². The molecule has 0 aliphatic rings. The third kappa shape index (κ3) is 5.84. The first-order chi connectivity index (χ1) is 14.2. The summed E-state index contributed by atoms with van der Waals surface area (Å²) in [6, 6.07) is 19.0. The monoisotopic (exact) mass is 444 g/mol. The molecule has 0 bridgehead atoms. The summed E-state index contributed by atoms with van der Waals surface area (Å²) >= 11 is 1.34. The van der Waals surface area contributed by atoms with E-state index < -0.39 is 15.3 Å². The summed E-state index contributed by atoms with van der Waals surface area (Å²) in [4.78, 5) is 13.3. The average molecular weight is 445 g/mol. The summed E-state index contributed by atoms with van der Waals surface area (Å²) in [6.45, 7) is 3.65. The lowest BCUT2D eigenvalue weighted by molar-refractivity contribution is -0.115. The van der Waals surface area contributed by atoms with Crippen LogP contribution in [-0.4, -0.2) is 19.6 Å². The van der Waals surface area contributed by atoms with Crippen LogP contribution in [0.2, 0.25) is 0 Å². The van der Waals surface area contributed by atoms with Gasteiger partial charge >= 0.3 is 0 Å². The van der Waals surface area contributed by atoms with Gasteiger partial charge in [0.2, 0.25) is 5.91 Å². The molecule has 3 rings (SSSR count). The van der Waals surface area contributed by atoms with Gasteiger partial charge < -0.3 is 5.32 Å². The minimum Gasteiger partial charge on any atom is -0.325 e. The van der Waals surface area contributed by atoms with Crippen molar-refractivity contribution in [1.29, 1.82) is 0 Å². The molecule has 3 aromatic rings. The highest BCUT2D eigenvalue weighted by molar-refractivity contribution is 8.00. The summed E-state index contributed by atoms with van der Waals surface area (Å²) in [5.41, 5.74) is 1.94. The predicted molar refractivity (Wildman–Crippen MR) is 119 cm³/mol. The molecule has 156 valence electrons. The summed E-state index contributed by atoms with van der Waals surface area (Å²) < 4.78 is 40.4. The van der Waals surface area contributed by atoms with Gasteiger partial charge in [-0.15, -0.1) is 11.8 Å². The predicted octanol–water partition coefficient (Wildman–Crippen LogP) is 5.05. The minimum absolute atomic E-state index is 0.192. The molecule has 30 heavy (non-hydrogen) atoms. The molecule has 3 aromatic carbocycles. The molecule has 0 saturated carbocycles. The van der Waals surface area contributed by atoms with Crippen molar-refractivity contribution in [2.75, 3.05) is 10.0 Å². The van der Waals surface area contributed by atoms with E-state index in [1.807, 2.05) is 6.92 Å². The fourth-order valence-electron chi connectivity index (χ4n) is 2.57. The smallest absolute Gasteiger partial charge is 0.261 e. The molecule has 0 aliphatic heterocycles. The topological polar surface area (TPSA) is 75.3 Å². The molecule has 0 heterocycles. The molecular weight excluding hydrogens is 423 g/mol. The van der Waals surface area contributed by atoms with Gasteiger partial charge in [-0.05, 0) is 74.5 Å². The standard InChI is InChI=1S/C22H21FN2O3S2/c1-15-3-13-21(14-4-15)30(27,28)25-19-9-11-20(12-10-19)29-16(2)22(26)24-18-7-5-17(23)6-8-18/h3-14,16,25H,1-2H3,(H,24,26). The van der Waals surface area contributed by atoms with E-state index in [9.17, 15) is 17.6 Å². The van der Waals surface area contributed by atoms with Crippen molar-refractivity contribution >= 4 is 39.1 Å². The van der Waals surface area contributed by atoms with Crippen LogP contribution >= 0.6 is 11.8 Å². The van der Waals surface area contributed by atoms with Crippen LogP contribution in [0.3, 0.4) is 0 Å². The van der Waals surface area contributed by atoms with Crippen LogP contribution in [0.1, 0.15) is 12.5 Å². The zero-order valence-corrected chi connectivity index (χ0v) is 18.1. The molecule has 1 unspecified atom stereocenters. The Morgan fingerprint density at radius 1 is 0.900 bits per heavy atom. The van der Waals surface area contributed by atoms with Crippen molar-refractivity contribution in [1.82, 2.24) is 0 Å². The molecule has 8 heteroatoms. The Kier molecular flexibility index (Phi) is 6.79. The number of rotatable bonds is 7. The quantitative estimate of drug-likeness (QED) is 0.500. The van der Waals surface area contributed by atoms with Gasteiger partial charge in [-0.3, -0.25) is 9.52 Å². The number of nitrogens with one attached hydrogen (secondary N) is 2. The molecule has 1 atom stereocenters. The third-order valence-electron chi connectivity index (χ3n) is 4.23. The number of anilines is 2. The fourth-order valence-corrected chi connectivity index (χ4v) is 4.49. The Morgan fingerprint density at radius 2 is 1.47 bits per heavy atom. The number of halogens is 1. The lowest BCUT2D eigenvalue weighted by atomic mass is 10.2. The summed E-state index contributed by atoms with van der Waals surface area (Å²) in [6.07, 6.45) is 0. The molecule has 0 spiro atoms. The van der Waals surface area contributed by atoms with E-state index in [-0.39, 0.29) is 16.6 Å². The van der Waals surface area contributed by atoms with Crippen LogP contribution in [0.5, 0.6) is 0 Å². The second kappa shape index (κ2) is 9.32. The third-order valence-corrected chi connectivity index (χ3v) is 6.74. The normalized spacial score (nSPS) is 12.2. The lowest BCUT2D eigenvalue weighted by Crippen LogP contribution is -2.22. The van der Waals surface area contributed by atoms with E-state index in [0.29, 0.717) is 11.4 Å². The Morgan fingerprint density at radius 3 is 2.07 bits per heavy atom. The maximum Gasteiger partial charge on any atom is 0.261 e. The number of thioether (sulfide) groups is 1. The second-order valence-electron chi connectivity index (χ2n) is 6.70. The van der Waals surface area contributed by atoms with Crippen molar-refractivity contribution in [2.24, 2.45) is 0 Å². The second-order valence-corrected chi connectivity index (χ2v) is 9.80. The number of sulfonamides is 1. The molecular formula is C22H21FN2O3S2. The number of amides is 1. The molecule has 0 radical (unpaired) electrons. The fraction of sp³-hybridized carbons (Fsp3) is 0.136. The van der Waals surface area contributed by atoms with Crippen molar-refractivity contribution in [3.05, 3.63) is 84.2 Å². The van der Waals surface area contributed by atoms with Crippen molar-refractivity contribution in [3.63, 3.8) is 0 Å². The first kappa shape index (κ1) is 21.9. The van der Waals surface area contributed by atoms with Crippen LogP contribution < -0.4 is 10.0 Å². The van der Waals surface area contributed by atoms with Crippen LogP contribution in [-0.2, 0) is 14.8 Å². The highest BCUT2D eigenvalue weighted by Gasteiger charge is 2.16. The highest BCUT2D eigenvalue weighted by Crippen LogP contribution is 2.26. The molecule has 0 aromatic heterocycles. The molecule has 0 aliphatic carbocycles. The number of hydrogen-bond donors (Lipinski definition) is 2. The summed E-state index contributed by atoms with van der Waals surface area (Å²) in [5, 5.41) is 2.34. The lowest BCUT2D eigenvalue weighted by Gasteiger charge is -2.13. The van der Waals surface area contributed by atoms with E-state index in [0.717, 1.165) is 10.5 Å². The van der Waals surface area contributed by atoms with Gasteiger partial charge in [0.25, 0.3) is 10.0 Å². The molecule has 2 N–H and O–H groups in total. The van der Waals surface area contributed by atoms with E-state index in [4.69, 9.17) is 0 Å². The van der Waals surface area contributed by atoms with Crippen LogP contribution in [0.4, 0.5) is 15.8 Å². The largest absolute Gasteiger partial charge is 0.325 e. The maximum atomic E-state index is 13.0. The SMILES string of the molecule is Cc1ccc(S(=O)(=O)Nc2ccc(SC(C)C(=O)Nc3ccc(F)cc3)cc2)cc1. The molecule has 0 fully saturated rings. The maximum absolute atomic E-state index is 13.0. The van der Waals surface area contributed by atoms with E-state index >= 15 is 0 Å². The molecule has 0 saturated heterocycles. The average Bonchev–Trinajstić information content (AvgIpc) is 2.71. The van der Waals surface area contributed by atoms with Crippen molar-refractivity contribution < 1.29 is 17.6 Å². The van der Waals surface area contributed by atoms with Gasteiger partial charge in [0.1, 0.15) is 5.82 Å². The Balaban J connectivity index is 1.60. The number of benzene rings is 3. The van der Waals surface area contributed by atoms with Crippen molar-refractivity contribution in [3.8, 4) is 0 Å². The minimum atomic E-state index is -3.66. The first-order valence-corrected chi connectivity index (χ1v) is 11.5. The van der Waals surface area contributed by atoms with Gasteiger partial charge in [-0.1, -0.05) is 17.7 Å². The van der Waals surface area contributed by atoms with Crippen LogP contribution in [0, 0.1) is 12.7 Å². The van der Waals surface area contributed by atoms with Gasteiger partial charge in [0, 0.05) is 16.3 Å². The zero-order valence-electron chi connectivity index (χ0n) is 16.4. The van der Waals surface area contributed by atoms with Gasteiger partial charge in [0.05, 0.1) is 10.1 Å². The number of hydrogen-bond acceptors (Lipinski definition) is 4. The number of aryl methyl sites for hydroxylation is 1. The zero-order chi connectivity index (χ0) is 21.7. The van der Waals surface area contributed by atoms with Gasteiger partial charge in [-0.2, -0.15) is 0 Å². The van der Waals surface area contributed by atoms with Crippen LogP contribution in [0.25, 0.3) is 0 Å². The van der Waals surface area contributed by atoms with Gasteiger partial charge in [-0.25, -0.2) is 12.8 Å². The first-order valence-electron chi connectivity index (χ1n) is 9.15. The van der Waals surface area contributed by atoms with E-state index in [2.05, 4.69) is 10.0 Å². The molecule has 5 nitrogen and oxygen atoms in total. The summed E-state index contributed by atoms with van der Waals surface area (Å²) in [7, 11) is -3.66. The van der Waals surface area contributed by atoms with Gasteiger partial charge in [0.15, 0.2) is 0 Å². The summed E-state index contributed by atoms with van der Waals surface area (Å²) in [5.74, 6) is -0.579. The van der Waals surface area contributed by atoms with E-state index in [1.165, 1.54) is 36.0 Å². The Hall–Kier alpha value is -2.84. The van der Waals surface area contributed by atoms with E-state index in [1.54, 1.807) is 55.5 Å². The molecule has 1 amide bonds. The van der Waals surface area contributed by atoms with Crippen molar-refractivity contribution in [2.45, 2.75) is 28.9 Å².